The zero-order valence-electron chi connectivity index (χ0n) is 11.3. The first-order valence-electron chi connectivity index (χ1n) is 6.60. The molecule has 19 heavy (non-hydrogen) atoms. The van der Waals surface area contributed by atoms with E-state index >= 15 is 0 Å². The highest BCUT2D eigenvalue weighted by Crippen LogP contribution is 2.44. The normalized spacial score (nSPS) is 18.1. The van der Waals surface area contributed by atoms with Gasteiger partial charge in [-0.15, -0.1) is 0 Å². The Morgan fingerprint density at radius 1 is 1.32 bits per heavy atom. The van der Waals surface area contributed by atoms with Crippen molar-refractivity contribution in [1.82, 2.24) is 0 Å². The Hall–Kier alpha value is -1.58. The largest absolute Gasteiger partial charge is 0.493 e. The molecule has 0 unspecified atom stereocenters. The summed E-state index contributed by atoms with van der Waals surface area (Å²) < 4.78 is 19.3. The van der Waals surface area contributed by atoms with Crippen molar-refractivity contribution < 1.29 is 19.0 Å². The molecule has 2 rings (SSSR count). The van der Waals surface area contributed by atoms with Crippen LogP contribution in [-0.4, -0.2) is 18.2 Å². The van der Waals surface area contributed by atoms with E-state index in [1.807, 2.05) is 0 Å². The summed E-state index contributed by atoms with van der Waals surface area (Å²) in [4.78, 5) is 11.8. The van der Waals surface area contributed by atoms with Gasteiger partial charge in [-0.05, 0) is 25.3 Å². The van der Waals surface area contributed by atoms with E-state index in [1.165, 1.54) is 7.11 Å². The molecule has 0 aromatic heterocycles. The average molecular weight is 266 g/mol. The predicted octanol–water partition coefficient (Wildman–Crippen LogP) is 3.43. The van der Waals surface area contributed by atoms with Gasteiger partial charge in [0.25, 0.3) is 0 Å². The maximum atomic E-state index is 14.1. The van der Waals surface area contributed by atoms with Gasteiger partial charge in [0, 0.05) is 5.56 Å². The molecule has 0 atom stereocenters. The van der Waals surface area contributed by atoms with Crippen molar-refractivity contribution >= 4 is 5.97 Å². The molecule has 0 radical (unpaired) electrons. The van der Waals surface area contributed by atoms with Gasteiger partial charge in [0.2, 0.25) is 0 Å². The summed E-state index contributed by atoms with van der Waals surface area (Å²) in [7, 11) is 1.39. The molecule has 1 saturated carbocycles. The molecule has 1 aliphatic rings. The van der Waals surface area contributed by atoms with Crippen LogP contribution >= 0.6 is 0 Å². The van der Waals surface area contributed by atoms with Crippen molar-refractivity contribution in [2.75, 3.05) is 7.11 Å². The van der Waals surface area contributed by atoms with Crippen LogP contribution in [0.4, 0.5) is 4.39 Å². The van der Waals surface area contributed by atoms with Crippen LogP contribution in [0.5, 0.6) is 5.75 Å². The molecule has 0 spiro atoms. The standard InChI is InChI=1S/C15H19FO3/c1-10-6-7-11(13(19-2)12(10)16)15(14(17)18)8-4-3-5-9-15/h6-7H,3-5,8-9H2,1-2H3,(H,17,18). The Morgan fingerprint density at radius 3 is 2.47 bits per heavy atom. The van der Waals surface area contributed by atoms with E-state index in [9.17, 15) is 14.3 Å². The van der Waals surface area contributed by atoms with Crippen LogP contribution in [0.3, 0.4) is 0 Å². The number of hydrogen-bond acceptors (Lipinski definition) is 2. The number of aliphatic carboxylic acids is 1. The molecule has 1 fully saturated rings. The summed E-state index contributed by atoms with van der Waals surface area (Å²) in [6.45, 7) is 1.65. The molecule has 1 aromatic carbocycles. The second-order valence-electron chi connectivity index (χ2n) is 5.23. The number of carboxylic acids is 1. The fourth-order valence-corrected chi connectivity index (χ4v) is 2.98. The van der Waals surface area contributed by atoms with Gasteiger partial charge in [0.1, 0.15) is 0 Å². The number of rotatable bonds is 3. The summed E-state index contributed by atoms with van der Waals surface area (Å²) in [5, 5.41) is 9.64. The number of carbonyl (C=O) groups is 1. The van der Waals surface area contributed by atoms with E-state index in [2.05, 4.69) is 0 Å². The first-order valence-corrected chi connectivity index (χ1v) is 6.60. The van der Waals surface area contributed by atoms with Gasteiger partial charge in [-0.25, -0.2) is 4.39 Å². The van der Waals surface area contributed by atoms with Crippen LogP contribution in [-0.2, 0) is 10.2 Å². The number of methoxy groups -OCH3 is 1. The molecule has 0 aliphatic heterocycles. The molecule has 1 aliphatic carbocycles. The maximum absolute atomic E-state index is 14.1. The van der Waals surface area contributed by atoms with Crippen molar-refractivity contribution in [2.24, 2.45) is 0 Å². The third-order valence-corrected chi connectivity index (χ3v) is 4.13. The van der Waals surface area contributed by atoms with Gasteiger partial charge in [-0.3, -0.25) is 4.79 Å². The lowest BCUT2D eigenvalue weighted by atomic mass is 9.69. The number of ether oxygens (including phenoxy) is 1. The summed E-state index contributed by atoms with van der Waals surface area (Å²) in [6, 6.07) is 3.34. The van der Waals surface area contributed by atoms with Crippen LogP contribution in [0.1, 0.15) is 43.2 Å². The molecule has 0 heterocycles. The minimum Gasteiger partial charge on any atom is -0.493 e. The highest BCUT2D eigenvalue weighted by molar-refractivity contribution is 5.82. The van der Waals surface area contributed by atoms with E-state index in [1.54, 1.807) is 19.1 Å². The molecule has 0 amide bonds. The minimum atomic E-state index is -1.00. The molecule has 104 valence electrons. The highest BCUT2D eigenvalue weighted by Gasteiger charge is 2.44. The Morgan fingerprint density at radius 2 is 1.95 bits per heavy atom. The van der Waals surface area contributed by atoms with Gasteiger partial charge in [-0.1, -0.05) is 31.4 Å². The summed E-state index contributed by atoms with van der Waals surface area (Å²) in [5.41, 5.74) is -0.0553. The zero-order chi connectivity index (χ0) is 14.0. The van der Waals surface area contributed by atoms with E-state index < -0.39 is 17.2 Å². The van der Waals surface area contributed by atoms with Crippen molar-refractivity contribution in [1.29, 1.82) is 0 Å². The highest BCUT2D eigenvalue weighted by atomic mass is 19.1. The maximum Gasteiger partial charge on any atom is 0.314 e. The number of benzene rings is 1. The van der Waals surface area contributed by atoms with Gasteiger partial charge in [0.15, 0.2) is 11.6 Å². The Bertz CT molecular complexity index is 490. The molecule has 0 bridgehead atoms. The zero-order valence-corrected chi connectivity index (χ0v) is 11.3. The third kappa shape index (κ3) is 2.20. The Kier molecular flexibility index (Phi) is 3.78. The minimum absolute atomic E-state index is 0.0873. The second-order valence-corrected chi connectivity index (χ2v) is 5.23. The molecule has 1 aromatic rings. The van der Waals surface area contributed by atoms with E-state index in [0.717, 1.165) is 19.3 Å². The van der Waals surface area contributed by atoms with Crippen molar-refractivity contribution in [2.45, 2.75) is 44.4 Å². The van der Waals surface area contributed by atoms with Gasteiger partial charge < -0.3 is 9.84 Å². The number of halogens is 1. The van der Waals surface area contributed by atoms with Crippen molar-refractivity contribution in [3.8, 4) is 5.75 Å². The van der Waals surface area contributed by atoms with Crippen LogP contribution in [0, 0.1) is 12.7 Å². The van der Waals surface area contributed by atoms with Crippen LogP contribution < -0.4 is 4.74 Å². The smallest absolute Gasteiger partial charge is 0.314 e. The second kappa shape index (κ2) is 5.19. The van der Waals surface area contributed by atoms with Crippen molar-refractivity contribution in [3.05, 3.63) is 29.1 Å². The van der Waals surface area contributed by atoms with Crippen molar-refractivity contribution in [3.63, 3.8) is 0 Å². The quantitative estimate of drug-likeness (QED) is 0.911. The van der Waals surface area contributed by atoms with E-state index in [-0.39, 0.29) is 5.75 Å². The Labute approximate surface area is 112 Å². The predicted molar refractivity (Wildman–Crippen MR) is 70.1 cm³/mol. The SMILES string of the molecule is COc1c(C2(C(=O)O)CCCCC2)ccc(C)c1F. The lowest BCUT2D eigenvalue weighted by Crippen LogP contribution is -2.38. The van der Waals surface area contributed by atoms with E-state index in [4.69, 9.17) is 4.74 Å². The summed E-state index contributed by atoms with van der Waals surface area (Å²) in [6.07, 6.45) is 3.82. The lowest BCUT2D eigenvalue weighted by Gasteiger charge is -2.34. The summed E-state index contributed by atoms with van der Waals surface area (Å²) in [5.74, 6) is -1.25. The van der Waals surface area contributed by atoms with Crippen LogP contribution in [0.2, 0.25) is 0 Å². The fourth-order valence-electron chi connectivity index (χ4n) is 2.98. The summed E-state index contributed by atoms with van der Waals surface area (Å²) >= 11 is 0. The molecule has 4 heteroatoms. The lowest BCUT2D eigenvalue weighted by molar-refractivity contribution is -0.145. The molecular weight excluding hydrogens is 247 g/mol. The topological polar surface area (TPSA) is 46.5 Å². The number of hydrogen-bond donors (Lipinski definition) is 1. The molecular formula is C15H19FO3. The molecule has 1 N–H and O–H groups in total. The number of carboxylic acid groups (broad SMARTS) is 1. The van der Waals surface area contributed by atoms with E-state index in [0.29, 0.717) is 24.0 Å². The Balaban J connectivity index is 2.60. The van der Waals surface area contributed by atoms with Gasteiger partial charge >= 0.3 is 5.97 Å². The van der Waals surface area contributed by atoms with Crippen LogP contribution in [0.15, 0.2) is 12.1 Å². The van der Waals surface area contributed by atoms with Crippen LogP contribution in [0.25, 0.3) is 0 Å². The fraction of sp³-hybridized carbons (Fsp3) is 0.533. The third-order valence-electron chi connectivity index (χ3n) is 4.13. The monoisotopic (exact) mass is 266 g/mol. The first-order chi connectivity index (χ1) is 9.03. The molecule has 3 nitrogen and oxygen atoms in total. The van der Waals surface area contributed by atoms with Gasteiger partial charge in [-0.2, -0.15) is 0 Å². The number of aryl methyl sites for hydroxylation is 1. The first kappa shape index (κ1) is 13.8. The molecule has 0 saturated heterocycles. The average Bonchev–Trinajstić information content (AvgIpc) is 2.42. The van der Waals surface area contributed by atoms with Gasteiger partial charge in [0.05, 0.1) is 12.5 Å².